The van der Waals surface area contributed by atoms with Crippen molar-refractivity contribution in [3.05, 3.63) is 36.0 Å². The molecule has 1 heterocycles. The highest BCUT2D eigenvalue weighted by Gasteiger charge is 2.11. The zero-order chi connectivity index (χ0) is 10.8. The maximum absolute atomic E-state index is 12.5. The molecular formula is C11H10F2N2. The molecule has 0 aliphatic heterocycles. The zero-order valence-electron chi connectivity index (χ0n) is 8.17. The molecule has 1 N–H and O–H groups in total. The van der Waals surface area contributed by atoms with Crippen LogP contribution in [0.3, 0.4) is 0 Å². The van der Waals surface area contributed by atoms with Gasteiger partial charge in [-0.2, -0.15) is 0 Å². The summed E-state index contributed by atoms with van der Waals surface area (Å²) in [6, 6.07) is 8.59. The second kappa shape index (κ2) is 3.81. The van der Waals surface area contributed by atoms with E-state index >= 15 is 0 Å². The number of alkyl halides is 2. The van der Waals surface area contributed by atoms with E-state index in [-0.39, 0.29) is 5.69 Å². The van der Waals surface area contributed by atoms with E-state index in [1.54, 1.807) is 19.2 Å². The van der Waals surface area contributed by atoms with Crippen molar-refractivity contribution in [2.75, 3.05) is 12.4 Å². The highest BCUT2D eigenvalue weighted by atomic mass is 19.3. The van der Waals surface area contributed by atoms with Gasteiger partial charge in [0.05, 0.1) is 5.52 Å². The van der Waals surface area contributed by atoms with Crippen molar-refractivity contribution in [1.82, 2.24) is 4.98 Å². The van der Waals surface area contributed by atoms with Crippen LogP contribution in [-0.2, 0) is 0 Å². The fraction of sp³-hybridized carbons (Fsp3) is 0.182. The molecule has 0 amide bonds. The molecule has 0 fully saturated rings. The Morgan fingerprint density at radius 2 is 2.00 bits per heavy atom. The number of nitrogens with zero attached hydrogens (tertiary/aromatic N) is 1. The normalized spacial score (nSPS) is 10.9. The summed E-state index contributed by atoms with van der Waals surface area (Å²) in [5, 5.41) is 3.74. The molecular weight excluding hydrogens is 198 g/mol. The summed E-state index contributed by atoms with van der Waals surface area (Å²) < 4.78 is 25.0. The van der Waals surface area contributed by atoms with Gasteiger partial charge in [0.25, 0.3) is 6.43 Å². The van der Waals surface area contributed by atoms with Gasteiger partial charge >= 0.3 is 0 Å². The van der Waals surface area contributed by atoms with Crippen LogP contribution in [-0.4, -0.2) is 12.0 Å². The van der Waals surface area contributed by atoms with Crippen LogP contribution in [0.5, 0.6) is 0 Å². The van der Waals surface area contributed by atoms with Crippen LogP contribution in [0.15, 0.2) is 30.3 Å². The smallest absolute Gasteiger partial charge is 0.280 e. The van der Waals surface area contributed by atoms with Crippen molar-refractivity contribution in [2.45, 2.75) is 6.43 Å². The number of anilines is 1. The summed E-state index contributed by atoms with van der Waals surface area (Å²) in [5.74, 6) is 0. The number of halogens is 2. The number of pyridine rings is 1. The van der Waals surface area contributed by atoms with E-state index in [0.717, 1.165) is 5.39 Å². The van der Waals surface area contributed by atoms with E-state index in [9.17, 15) is 8.78 Å². The Balaban J connectivity index is 2.71. The van der Waals surface area contributed by atoms with E-state index in [2.05, 4.69) is 10.3 Å². The van der Waals surface area contributed by atoms with Gasteiger partial charge in [-0.25, -0.2) is 13.8 Å². The summed E-state index contributed by atoms with van der Waals surface area (Å²) in [6.07, 6.45) is -2.54. The summed E-state index contributed by atoms with van der Waals surface area (Å²) in [4.78, 5) is 3.89. The maximum Gasteiger partial charge on any atom is 0.280 e. The second-order valence-corrected chi connectivity index (χ2v) is 3.16. The quantitative estimate of drug-likeness (QED) is 0.819. The van der Waals surface area contributed by atoms with Gasteiger partial charge in [0.15, 0.2) is 0 Å². The van der Waals surface area contributed by atoms with Crippen LogP contribution in [0.4, 0.5) is 14.5 Å². The van der Waals surface area contributed by atoms with E-state index in [0.29, 0.717) is 11.2 Å². The molecule has 0 aliphatic carbocycles. The molecule has 0 aliphatic rings. The standard InChI is InChI=1S/C11H10F2N2/c1-14-9-6-10(11(12)13)15-8-5-3-2-4-7(8)9/h2-6,11H,1H3,(H,14,15). The molecule has 0 atom stereocenters. The first-order chi connectivity index (χ1) is 7.22. The molecule has 78 valence electrons. The molecule has 15 heavy (non-hydrogen) atoms. The largest absolute Gasteiger partial charge is 0.388 e. The monoisotopic (exact) mass is 208 g/mol. The molecule has 0 bridgehead atoms. The average molecular weight is 208 g/mol. The van der Waals surface area contributed by atoms with Crippen molar-refractivity contribution in [3.8, 4) is 0 Å². The molecule has 0 unspecified atom stereocenters. The average Bonchev–Trinajstić information content (AvgIpc) is 2.27. The van der Waals surface area contributed by atoms with Crippen LogP contribution in [0, 0.1) is 0 Å². The summed E-state index contributed by atoms with van der Waals surface area (Å²) in [7, 11) is 1.71. The number of rotatable bonds is 2. The van der Waals surface area contributed by atoms with Crippen molar-refractivity contribution >= 4 is 16.6 Å². The lowest BCUT2D eigenvalue weighted by Crippen LogP contribution is -1.96. The molecule has 0 saturated carbocycles. The van der Waals surface area contributed by atoms with Gasteiger partial charge in [0, 0.05) is 18.1 Å². The molecule has 1 aromatic heterocycles. The Morgan fingerprint density at radius 3 is 2.67 bits per heavy atom. The molecule has 1 aromatic carbocycles. The van der Waals surface area contributed by atoms with Gasteiger partial charge in [-0.1, -0.05) is 18.2 Å². The summed E-state index contributed by atoms with van der Waals surface area (Å²) in [6.45, 7) is 0. The van der Waals surface area contributed by atoms with E-state index in [1.807, 2.05) is 12.1 Å². The number of hydrogen-bond acceptors (Lipinski definition) is 2. The maximum atomic E-state index is 12.5. The molecule has 2 nitrogen and oxygen atoms in total. The van der Waals surface area contributed by atoms with Crippen LogP contribution in [0.2, 0.25) is 0 Å². The Labute approximate surface area is 85.9 Å². The third-order valence-electron chi connectivity index (χ3n) is 2.23. The third-order valence-corrected chi connectivity index (χ3v) is 2.23. The fourth-order valence-electron chi connectivity index (χ4n) is 1.51. The second-order valence-electron chi connectivity index (χ2n) is 3.16. The van der Waals surface area contributed by atoms with Crippen LogP contribution in [0.25, 0.3) is 10.9 Å². The highest BCUT2D eigenvalue weighted by Crippen LogP contribution is 2.26. The third kappa shape index (κ3) is 1.75. The Hall–Kier alpha value is -1.71. The van der Waals surface area contributed by atoms with E-state index in [1.165, 1.54) is 6.07 Å². The number of benzene rings is 1. The molecule has 0 saturated heterocycles. The van der Waals surface area contributed by atoms with Crippen molar-refractivity contribution in [2.24, 2.45) is 0 Å². The Kier molecular flexibility index (Phi) is 2.49. The SMILES string of the molecule is CNc1cc(C(F)F)nc2ccccc12. The van der Waals surface area contributed by atoms with Crippen LogP contribution >= 0.6 is 0 Å². The lowest BCUT2D eigenvalue weighted by Gasteiger charge is -2.08. The molecule has 0 spiro atoms. The first kappa shape index (κ1) is 9.83. The lowest BCUT2D eigenvalue weighted by molar-refractivity contribution is 0.146. The Bertz CT molecular complexity index is 483. The van der Waals surface area contributed by atoms with Gasteiger partial charge in [0.2, 0.25) is 0 Å². The minimum atomic E-state index is -2.54. The minimum absolute atomic E-state index is 0.196. The summed E-state index contributed by atoms with van der Waals surface area (Å²) in [5.41, 5.74) is 1.06. The predicted octanol–water partition coefficient (Wildman–Crippen LogP) is 3.21. The van der Waals surface area contributed by atoms with Gasteiger partial charge < -0.3 is 5.32 Å². The van der Waals surface area contributed by atoms with Gasteiger partial charge in [-0.05, 0) is 12.1 Å². The van der Waals surface area contributed by atoms with Crippen molar-refractivity contribution in [3.63, 3.8) is 0 Å². The summed E-state index contributed by atoms with van der Waals surface area (Å²) >= 11 is 0. The minimum Gasteiger partial charge on any atom is -0.388 e. The van der Waals surface area contributed by atoms with E-state index in [4.69, 9.17) is 0 Å². The number of fused-ring (bicyclic) bond motifs is 1. The van der Waals surface area contributed by atoms with Gasteiger partial charge in [0.1, 0.15) is 5.69 Å². The highest BCUT2D eigenvalue weighted by molar-refractivity contribution is 5.91. The molecule has 0 radical (unpaired) electrons. The number of hydrogen-bond donors (Lipinski definition) is 1. The van der Waals surface area contributed by atoms with Gasteiger partial charge in [-0.3, -0.25) is 0 Å². The molecule has 2 aromatic rings. The first-order valence-corrected chi connectivity index (χ1v) is 4.58. The van der Waals surface area contributed by atoms with Crippen molar-refractivity contribution < 1.29 is 8.78 Å². The zero-order valence-corrected chi connectivity index (χ0v) is 8.17. The van der Waals surface area contributed by atoms with Crippen molar-refractivity contribution in [1.29, 1.82) is 0 Å². The fourth-order valence-corrected chi connectivity index (χ4v) is 1.51. The molecule has 2 rings (SSSR count). The Morgan fingerprint density at radius 1 is 1.27 bits per heavy atom. The lowest BCUT2D eigenvalue weighted by atomic mass is 10.1. The molecule has 4 heteroatoms. The van der Waals surface area contributed by atoms with E-state index < -0.39 is 6.43 Å². The van der Waals surface area contributed by atoms with Gasteiger partial charge in [-0.15, -0.1) is 0 Å². The number of para-hydroxylation sites is 1. The topological polar surface area (TPSA) is 24.9 Å². The number of aromatic nitrogens is 1. The number of nitrogens with one attached hydrogen (secondary N) is 1. The predicted molar refractivity (Wildman–Crippen MR) is 56.2 cm³/mol. The van der Waals surface area contributed by atoms with Crippen LogP contribution in [0.1, 0.15) is 12.1 Å². The van der Waals surface area contributed by atoms with Crippen LogP contribution < -0.4 is 5.32 Å². The first-order valence-electron chi connectivity index (χ1n) is 4.58.